The van der Waals surface area contributed by atoms with E-state index in [0.29, 0.717) is 23.3 Å². The van der Waals surface area contributed by atoms with Crippen LogP contribution < -0.4 is 4.74 Å². The van der Waals surface area contributed by atoms with Crippen molar-refractivity contribution in [3.63, 3.8) is 0 Å². The zero-order chi connectivity index (χ0) is 21.5. The molecule has 31 heavy (non-hydrogen) atoms. The zero-order valence-corrected chi connectivity index (χ0v) is 16.1. The third-order valence-corrected chi connectivity index (χ3v) is 5.46. The molecule has 2 atom stereocenters. The van der Waals surface area contributed by atoms with Crippen molar-refractivity contribution in [2.45, 2.75) is 18.7 Å². The largest absolute Gasteiger partial charge is 0.464 e. The Kier molecular flexibility index (Phi) is 4.36. The van der Waals surface area contributed by atoms with E-state index in [-0.39, 0.29) is 17.4 Å². The molecule has 2 aliphatic rings. The number of rotatable bonds is 4. The van der Waals surface area contributed by atoms with Crippen molar-refractivity contribution in [3.8, 4) is 5.75 Å². The fraction of sp³-hybridized carbons (Fsp3) is 0.136. The lowest BCUT2D eigenvalue weighted by molar-refractivity contribution is -0.385. The number of nitro groups is 2. The fourth-order valence-electron chi connectivity index (χ4n) is 4.01. The van der Waals surface area contributed by atoms with Gasteiger partial charge in [-0.2, -0.15) is 5.10 Å². The van der Waals surface area contributed by atoms with Crippen LogP contribution in [0.5, 0.6) is 5.75 Å². The highest BCUT2D eigenvalue weighted by Crippen LogP contribution is 2.48. The number of non-ortho nitro benzene ring substituents is 2. The van der Waals surface area contributed by atoms with E-state index in [1.807, 2.05) is 30.3 Å². The van der Waals surface area contributed by atoms with Crippen molar-refractivity contribution < 1.29 is 14.6 Å². The Morgan fingerprint density at radius 2 is 1.65 bits per heavy atom. The molecule has 0 amide bonds. The molecule has 0 fully saturated rings. The quantitative estimate of drug-likeness (QED) is 0.448. The van der Waals surface area contributed by atoms with E-state index in [9.17, 15) is 20.2 Å². The van der Waals surface area contributed by atoms with Gasteiger partial charge in [-0.25, -0.2) is 5.01 Å². The summed E-state index contributed by atoms with van der Waals surface area (Å²) in [6, 6.07) is 20.1. The molecule has 9 heteroatoms. The lowest BCUT2D eigenvalue weighted by Gasteiger charge is -2.38. The first-order valence-corrected chi connectivity index (χ1v) is 9.62. The molecule has 0 spiro atoms. The molecule has 154 valence electrons. The van der Waals surface area contributed by atoms with E-state index in [4.69, 9.17) is 9.84 Å². The van der Waals surface area contributed by atoms with Crippen LogP contribution in [-0.4, -0.2) is 20.6 Å². The highest BCUT2D eigenvalue weighted by atomic mass is 16.6. The monoisotopic (exact) mass is 416 g/mol. The number of hydrazone groups is 1. The van der Waals surface area contributed by atoms with E-state index in [1.165, 1.54) is 24.3 Å². The van der Waals surface area contributed by atoms with Crippen LogP contribution in [0, 0.1) is 20.2 Å². The maximum Gasteiger partial charge on any atom is 0.270 e. The van der Waals surface area contributed by atoms with Crippen molar-refractivity contribution in [1.82, 2.24) is 5.01 Å². The zero-order valence-electron chi connectivity index (χ0n) is 16.1. The highest BCUT2D eigenvalue weighted by molar-refractivity contribution is 6.01. The Morgan fingerprint density at radius 3 is 2.39 bits per heavy atom. The highest BCUT2D eigenvalue weighted by Gasteiger charge is 2.42. The maximum absolute atomic E-state index is 11.3. The molecule has 0 radical (unpaired) electrons. The Morgan fingerprint density at radius 1 is 0.903 bits per heavy atom. The average Bonchev–Trinajstić information content (AvgIpc) is 3.24. The van der Waals surface area contributed by atoms with Gasteiger partial charge < -0.3 is 4.74 Å². The van der Waals surface area contributed by atoms with Crippen LogP contribution in [0.3, 0.4) is 0 Å². The van der Waals surface area contributed by atoms with Crippen LogP contribution in [0.4, 0.5) is 11.4 Å². The summed E-state index contributed by atoms with van der Waals surface area (Å²) in [6.07, 6.45) is -0.160. The summed E-state index contributed by atoms with van der Waals surface area (Å²) < 4.78 is 6.16. The van der Waals surface area contributed by atoms with Crippen molar-refractivity contribution in [2.24, 2.45) is 5.10 Å². The SMILES string of the molecule is O=[N+]([O-])c1cccc([C@H]2Oc3ccc([N+](=O)[O-])cc3[C@@H]3CC(c4ccccc4)=NN23)c1. The van der Waals surface area contributed by atoms with Gasteiger partial charge in [0.1, 0.15) is 5.75 Å². The number of benzene rings is 3. The van der Waals surface area contributed by atoms with Crippen molar-refractivity contribution in [1.29, 1.82) is 0 Å². The number of fused-ring (bicyclic) bond motifs is 3. The number of ether oxygens (including phenoxy) is 1. The summed E-state index contributed by atoms with van der Waals surface area (Å²) in [7, 11) is 0. The maximum atomic E-state index is 11.3. The van der Waals surface area contributed by atoms with Crippen molar-refractivity contribution in [2.75, 3.05) is 0 Å². The van der Waals surface area contributed by atoms with Crippen LogP contribution in [0.25, 0.3) is 0 Å². The van der Waals surface area contributed by atoms with E-state index >= 15 is 0 Å². The van der Waals surface area contributed by atoms with Crippen molar-refractivity contribution >= 4 is 17.1 Å². The standard InChI is InChI=1S/C22H16N4O5/c27-25(28)16-8-4-7-15(11-16)22-24-20(13-19(23-24)14-5-2-1-3-6-14)18-12-17(26(29)30)9-10-21(18)31-22/h1-12,20,22H,13H2/t20-,22+/m0/s1. The topological polar surface area (TPSA) is 111 Å². The molecule has 0 saturated heterocycles. The Bertz CT molecular complexity index is 1230. The van der Waals surface area contributed by atoms with Crippen LogP contribution in [-0.2, 0) is 0 Å². The minimum Gasteiger partial charge on any atom is -0.464 e. The fourth-order valence-corrected chi connectivity index (χ4v) is 4.01. The lowest BCUT2D eigenvalue weighted by atomic mass is 9.95. The van der Waals surface area contributed by atoms with E-state index < -0.39 is 16.1 Å². The Balaban J connectivity index is 1.62. The van der Waals surface area contributed by atoms with Gasteiger partial charge in [0, 0.05) is 41.8 Å². The first kappa shape index (κ1) is 18.7. The van der Waals surface area contributed by atoms with Crippen LogP contribution in [0.1, 0.15) is 35.4 Å². The molecule has 3 aromatic carbocycles. The smallest absolute Gasteiger partial charge is 0.270 e. The van der Waals surface area contributed by atoms with Crippen LogP contribution in [0.2, 0.25) is 0 Å². The molecular formula is C22H16N4O5. The Hall–Kier alpha value is -4.27. The molecule has 9 nitrogen and oxygen atoms in total. The second-order valence-electron chi connectivity index (χ2n) is 7.31. The number of nitro benzene ring substituents is 2. The first-order chi connectivity index (χ1) is 15.0. The van der Waals surface area contributed by atoms with Crippen LogP contribution in [0.15, 0.2) is 77.9 Å². The van der Waals surface area contributed by atoms with Gasteiger partial charge in [-0.3, -0.25) is 20.2 Å². The first-order valence-electron chi connectivity index (χ1n) is 9.62. The molecule has 0 aromatic heterocycles. The minimum atomic E-state index is -0.694. The predicted molar refractivity (Wildman–Crippen MR) is 112 cm³/mol. The van der Waals surface area contributed by atoms with E-state index in [0.717, 1.165) is 11.3 Å². The van der Waals surface area contributed by atoms with Gasteiger partial charge in [0.25, 0.3) is 11.4 Å². The normalized spacial score (nSPS) is 19.1. The molecule has 0 saturated carbocycles. The average molecular weight is 416 g/mol. The molecule has 0 aliphatic carbocycles. The number of hydrogen-bond donors (Lipinski definition) is 0. The number of nitrogens with zero attached hydrogens (tertiary/aromatic N) is 4. The molecule has 0 unspecified atom stereocenters. The summed E-state index contributed by atoms with van der Waals surface area (Å²) >= 11 is 0. The summed E-state index contributed by atoms with van der Waals surface area (Å²) in [6.45, 7) is 0. The van der Waals surface area contributed by atoms with E-state index in [2.05, 4.69) is 0 Å². The van der Waals surface area contributed by atoms with Crippen molar-refractivity contribution in [3.05, 3.63) is 110 Å². The molecule has 3 aromatic rings. The van der Waals surface area contributed by atoms with Gasteiger partial charge in [-0.15, -0.1) is 0 Å². The second kappa shape index (κ2) is 7.21. The summed E-state index contributed by atoms with van der Waals surface area (Å²) in [5.74, 6) is 0.507. The number of hydrogen-bond acceptors (Lipinski definition) is 7. The Labute approximate surface area is 176 Å². The van der Waals surface area contributed by atoms with Gasteiger partial charge in [0.2, 0.25) is 6.23 Å². The third kappa shape index (κ3) is 3.25. The van der Waals surface area contributed by atoms with Crippen LogP contribution >= 0.6 is 0 Å². The molecule has 2 heterocycles. The van der Waals surface area contributed by atoms with E-state index in [1.54, 1.807) is 23.2 Å². The van der Waals surface area contributed by atoms with Gasteiger partial charge in [-0.05, 0) is 11.6 Å². The van der Waals surface area contributed by atoms with Gasteiger partial charge in [-0.1, -0.05) is 42.5 Å². The summed E-state index contributed by atoms with van der Waals surface area (Å²) in [5.41, 5.74) is 2.96. The molecule has 0 N–H and O–H groups in total. The second-order valence-corrected chi connectivity index (χ2v) is 7.31. The van der Waals surface area contributed by atoms with Gasteiger partial charge in [0.15, 0.2) is 0 Å². The molecule has 0 bridgehead atoms. The summed E-state index contributed by atoms with van der Waals surface area (Å²) in [4.78, 5) is 21.7. The lowest BCUT2D eigenvalue weighted by Crippen LogP contribution is -2.33. The molecule has 2 aliphatic heterocycles. The van der Waals surface area contributed by atoms with Gasteiger partial charge >= 0.3 is 0 Å². The predicted octanol–water partition coefficient (Wildman–Crippen LogP) is 4.75. The van der Waals surface area contributed by atoms with Gasteiger partial charge in [0.05, 0.1) is 21.6 Å². The summed E-state index contributed by atoms with van der Waals surface area (Å²) in [5, 5.41) is 29.1. The third-order valence-electron chi connectivity index (χ3n) is 5.46. The molecule has 5 rings (SSSR count). The molecular weight excluding hydrogens is 400 g/mol. The minimum absolute atomic E-state index is 0.0238.